The van der Waals surface area contributed by atoms with E-state index in [2.05, 4.69) is 24.1 Å². The quantitative estimate of drug-likeness (QED) is 0.408. The summed E-state index contributed by atoms with van der Waals surface area (Å²) in [5, 5.41) is 13.4. The van der Waals surface area contributed by atoms with Crippen LogP contribution in [0.15, 0.2) is 47.4 Å². The minimum Gasteiger partial charge on any atom is -0.452 e. The van der Waals surface area contributed by atoms with E-state index in [0.29, 0.717) is 11.3 Å². The van der Waals surface area contributed by atoms with Crippen molar-refractivity contribution in [1.82, 2.24) is 0 Å². The SMILES string of the molecule is CCN(CC)c1ccc(C(=O)OCC(=O)Nc2ccc(SC#N)cc2C)cc1. The van der Waals surface area contributed by atoms with Gasteiger partial charge in [0.05, 0.1) is 5.56 Å². The van der Waals surface area contributed by atoms with Crippen molar-refractivity contribution < 1.29 is 14.3 Å². The summed E-state index contributed by atoms with van der Waals surface area (Å²) in [4.78, 5) is 27.2. The number of hydrogen-bond donors (Lipinski definition) is 1. The Morgan fingerprint density at radius 2 is 1.82 bits per heavy atom. The number of ether oxygens (including phenoxy) is 1. The Kier molecular flexibility index (Phi) is 7.90. The lowest BCUT2D eigenvalue weighted by atomic mass is 10.2. The zero-order chi connectivity index (χ0) is 20.5. The Morgan fingerprint density at radius 1 is 1.14 bits per heavy atom. The van der Waals surface area contributed by atoms with E-state index in [1.165, 1.54) is 0 Å². The molecule has 0 atom stereocenters. The molecule has 6 nitrogen and oxygen atoms in total. The summed E-state index contributed by atoms with van der Waals surface area (Å²) in [5.41, 5.74) is 2.88. The van der Waals surface area contributed by atoms with Gasteiger partial charge in [0.1, 0.15) is 5.40 Å². The maximum atomic E-state index is 12.2. The number of benzene rings is 2. The average molecular weight is 398 g/mol. The second-order valence-corrected chi connectivity index (χ2v) is 6.87. The van der Waals surface area contributed by atoms with Crippen LogP contribution in [0.3, 0.4) is 0 Å². The highest BCUT2D eigenvalue weighted by Crippen LogP contribution is 2.23. The van der Waals surface area contributed by atoms with Gasteiger partial charge in [0.2, 0.25) is 0 Å². The lowest BCUT2D eigenvalue weighted by Gasteiger charge is -2.20. The van der Waals surface area contributed by atoms with E-state index in [1.54, 1.807) is 24.3 Å². The molecular formula is C21H23N3O3S. The third-order valence-corrected chi connectivity index (χ3v) is 4.78. The lowest BCUT2D eigenvalue weighted by molar-refractivity contribution is -0.119. The second kappa shape index (κ2) is 10.4. The number of carbonyl (C=O) groups excluding carboxylic acids is 2. The fourth-order valence-electron chi connectivity index (χ4n) is 2.69. The number of rotatable bonds is 8. The van der Waals surface area contributed by atoms with Crippen LogP contribution in [0.1, 0.15) is 29.8 Å². The van der Waals surface area contributed by atoms with Crippen molar-refractivity contribution in [1.29, 1.82) is 5.26 Å². The van der Waals surface area contributed by atoms with E-state index in [4.69, 9.17) is 10.00 Å². The Balaban J connectivity index is 1.90. The van der Waals surface area contributed by atoms with Gasteiger partial charge in [0.15, 0.2) is 6.61 Å². The number of amides is 1. The molecule has 0 aromatic heterocycles. The number of hydrogen-bond acceptors (Lipinski definition) is 6. The highest BCUT2D eigenvalue weighted by atomic mass is 32.2. The van der Waals surface area contributed by atoms with Crippen molar-refractivity contribution in [2.75, 3.05) is 29.9 Å². The number of thiocyanates is 1. The smallest absolute Gasteiger partial charge is 0.338 e. The summed E-state index contributed by atoms with van der Waals surface area (Å²) >= 11 is 1.05. The predicted octanol–water partition coefficient (Wildman–Crippen LogP) is 4.21. The van der Waals surface area contributed by atoms with Gasteiger partial charge in [0.25, 0.3) is 5.91 Å². The number of carbonyl (C=O) groups is 2. The first-order valence-corrected chi connectivity index (χ1v) is 9.78. The molecule has 2 aromatic rings. The fourth-order valence-corrected chi connectivity index (χ4v) is 3.17. The van der Waals surface area contributed by atoms with Crippen molar-refractivity contribution in [2.45, 2.75) is 25.7 Å². The van der Waals surface area contributed by atoms with Crippen LogP contribution >= 0.6 is 11.8 Å². The van der Waals surface area contributed by atoms with Crippen LogP contribution in [0, 0.1) is 17.6 Å². The zero-order valence-electron chi connectivity index (χ0n) is 16.2. The fraction of sp³-hybridized carbons (Fsp3) is 0.286. The molecule has 2 rings (SSSR count). The van der Waals surface area contributed by atoms with Crippen LogP contribution in [-0.4, -0.2) is 31.6 Å². The van der Waals surface area contributed by atoms with E-state index >= 15 is 0 Å². The molecule has 0 saturated heterocycles. The Hall–Kier alpha value is -2.98. The number of nitrogens with one attached hydrogen (secondary N) is 1. The summed E-state index contributed by atoms with van der Waals surface area (Å²) < 4.78 is 5.11. The molecule has 0 saturated carbocycles. The van der Waals surface area contributed by atoms with Gasteiger partial charge in [-0.15, -0.1) is 0 Å². The van der Waals surface area contributed by atoms with Crippen molar-refractivity contribution in [3.63, 3.8) is 0 Å². The van der Waals surface area contributed by atoms with Crippen LogP contribution in [-0.2, 0) is 9.53 Å². The van der Waals surface area contributed by atoms with Gasteiger partial charge in [-0.3, -0.25) is 4.79 Å². The number of esters is 1. The number of nitrogens with zero attached hydrogens (tertiary/aromatic N) is 2. The Bertz CT molecular complexity index is 871. The monoisotopic (exact) mass is 397 g/mol. The lowest BCUT2D eigenvalue weighted by Crippen LogP contribution is -2.22. The molecule has 0 aliphatic rings. The predicted molar refractivity (Wildman–Crippen MR) is 112 cm³/mol. The third-order valence-electron chi connectivity index (χ3n) is 4.20. The first kappa shape index (κ1) is 21.3. The molecule has 0 aliphatic heterocycles. The van der Waals surface area contributed by atoms with Crippen LogP contribution in [0.5, 0.6) is 0 Å². The van der Waals surface area contributed by atoms with Crippen molar-refractivity contribution in [3.05, 3.63) is 53.6 Å². The molecule has 0 unspecified atom stereocenters. The molecular weight excluding hydrogens is 374 g/mol. The Labute approximate surface area is 169 Å². The highest BCUT2D eigenvalue weighted by Gasteiger charge is 2.12. The first-order chi connectivity index (χ1) is 13.5. The molecule has 0 bridgehead atoms. The average Bonchev–Trinajstić information content (AvgIpc) is 2.70. The van der Waals surface area contributed by atoms with Crippen LogP contribution in [0.4, 0.5) is 11.4 Å². The summed E-state index contributed by atoms with van der Waals surface area (Å²) in [6.07, 6.45) is 0. The molecule has 2 aromatic carbocycles. The van der Waals surface area contributed by atoms with Gasteiger partial charge in [-0.05, 0) is 80.6 Å². The standard InChI is InChI=1S/C21H23N3O3S/c1-4-24(5-2)17-8-6-16(7-9-17)21(26)27-13-20(25)23-19-11-10-18(28-14-22)12-15(19)3/h6-12H,4-5,13H2,1-3H3,(H,23,25). The molecule has 7 heteroatoms. The highest BCUT2D eigenvalue weighted by molar-refractivity contribution is 8.03. The molecule has 146 valence electrons. The van der Waals surface area contributed by atoms with Crippen LogP contribution in [0.25, 0.3) is 0 Å². The van der Waals surface area contributed by atoms with Gasteiger partial charge in [-0.2, -0.15) is 5.26 Å². The van der Waals surface area contributed by atoms with Crippen molar-refractivity contribution in [2.24, 2.45) is 0 Å². The molecule has 0 heterocycles. The third kappa shape index (κ3) is 5.76. The first-order valence-electron chi connectivity index (χ1n) is 8.97. The van der Waals surface area contributed by atoms with E-state index < -0.39 is 11.9 Å². The molecule has 28 heavy (non-hydrogen) atoms. The summed E-state index contributed by atoms with van der Waals surface area (Å²) in [7, 11) is 0. The summed E-state index contributed by atoms with van der Waals surface area (Å²) in [5.74, 6) is -0.962. The second-order valence-electron chi connectivity index (χ2n) is 6.01. The summed E-state index contributed by atoms with van der Waals surface area (Å²) in [6.45, 7) is 7.38. The van der Waals surface area contributed by atoms with E-state index in [9.17, 15) is 9.59 Å². The van der Waals surface area contributed by atoms with Crippen molar-refractivity contribution in [3.8, 4) is 5.40 Å². The molecule has 0 spiro atoms. The topological polar surface area (TPSA) is 82.4 Å². The van der Waals surface area contributed by atoms with Crippen molar-refractivity contribution >= 4 is 35.0 Å². The molecule has 0 aliphatic carbocycles. The minimum absolute atomic E-state index is 0.370. The normalized spacial score (nSPS) is 10.1. The Morgan fingerprint density at radius 3 is 2.39 bits per heavy atom. The van der Waals surface area contributed by atoms with E-state index in [0.717, 1.165) is 41.0 Å². The molecule has 1 amide bonds. The van der Waals surface area contributed by atoms with Gasteiger partial charge in [-0.1, -0.05) is 0 Å². The largest absolute Gasteiger partial charge is 0.452 e. The van der Waals surface area contributed by atoms with Crippen LogP contribution < -0.4 is 10.2 Å². The maximum Gasteiger partial charge on any atom is 0.338 e. The zero-order valence-corrected chi connectivity index (χ0v) is 17.0. The number of thioether (sulfide) groups is 1. The number of aryl methyl sites for hydroxylation is 1. The summed E-state index contributed by atoms with van der Waals surface area (Å²) in [6, 6.07) is 12.4. The number of anilines is 2. The molecule has 0 radical (unpaired) electrons. The minimum atomic E-state index is -0.543. The van der Waals surface area contributed by atoms with Gasteiger partial charge < -0.3 is 15.0 Å². The maximum absolute atomic E-state index is 12.2. The van der Waals surface area contributed by atoms with E-state index in [-0.39, 0.29) is 6.61 Å². The van der Waals surface area contributed by atoms with Gasteiger partial charge >= 0.3 is 5.97 Å². The molecule has 0 fully saturated rings. The molecule has 1 N–H and O–H groups in total. The number of nitriles is 1. The van der Waals surface area contributed by atoms with E-state index in [1.807, 2.05) is 30.5 Å². The van der Waals surface area contributed by atoms with Gasteiger partial charge in [-0.25, -0.2) is 4.79 Å². The van der Waals surface area contributed by atoms with Crippen LogP contribution in [0.2, 0.25) is 0 Å². The van der Waals surface area contributed by atoms with Gasteiger partial charge in [0, 0.05) is 29.4 Å².